The van der Waals surface area contributed by atoms with E-state index in [2.05, 4.69) is 0 Å². The van der Waals surface area contributed by atoms with E-state index in [4.69, 9.17) is 4.74 Å². The molecule has 0 bridgehead atoms. The van der Waals surface area contributed by atoms with Crippen LogP contribution in [0.3, 0.4) is 0 Å². The molecule has 0 saturated carbocycles. The summed E-state index contributed by atoms with van der Waals surface area (Å²) < 4.78 is 33.1. The normalized spacial score (nSPS) is 17.3. The third-order valence-electron chi connectivity index (χ3n) is 4.11. The maximum absolute atomic E-state index is 13.9. The van der Waals surface area contributed by atoms with Gasteiger partial charge in [-0.1, -0.05) is 18.2 Å². The lowest BCUT2D eigenvalue weighted by Crippen LogP contribution is -2.28. The van der Waals surface area contributed by atoms with Crippen LogP contribution in [-0.4, -0.2) is 26.2 Å². The highest BCUT2D eigenvalue weighted by Gasteiger charge is 2.22. The molecule has 120 valence electrons. The van der Waals surface area contributed by atoms with Crippen molar-refractivity contribution in [2.24, 2.45) is 0 Å². The molecule has 0 spiro atoms. The largest absolute Gasteiger partial charge is 0.381 e. The molecule has 0 unspecified atom stereocenters. The Balaban J connectivity index is 1.89. The minimum atomic E-state index is -0.763. The van der Waals surface area contributed by atoms with E-state index in [1.54, 1.807) is 18.2 Å². The fourth-order valence-electron chi connectivity index (χ4n) is 2.83. The van der Waals surface area contributed by atoms with Gasteiger partial charge >= 0.3 is 0 Å². The summed E-state index contributed by atoms with van der Waals surface area (Å²) >= 11 is 0. The van der Waals surface area contributed by atoms with Crippen LogP contribution in [0.2, 0.25) is 0 Å². The van der Waals surface area contributed by atoms with Crippen LogP contribution in [0.25, 0.3) is 0 Å². The number of nitrogens with zero attached hydrogens (tertiary/aromatic N) is 1. The average Bonchev–Trinajstić information content (AvgIpc) is 3.08. The van der Waals surface area contributed by atoms with E-state index in [-0.39, 0.29) is 11.6 Å². The molecular formula is C18H17F2NO2. The minimum absolute atomic E-state index is 0.262. The molecule has 0 N–H and O–H groups in total. The second-order valence-electron chi connectivity index (χ2n) is 5.62. The van der Waals surface area contributed by atoms with Crippen LogP contribution in [-0.2, 0) is 4.74 Å². The van der Waals surface area contributed by atoms with Crippen molar-refractivity contribution in [1.29, 1.82) is 0 Å². The standard InChI is InChI=1S/C18H17F2NO2/c1-21(17-15(19)6-3-7-16(17)20)18(22)13-5-2-4-12(10-13)14-8-9-23-11-14/h2-7,10,14H,8-9,11H2,1H3/t14-/m1/s1. The Bertz CT molecular complexity index is 706. The number of halogens is 2. The lowest BCUT2D eigenvalue weighted by molar-refractivity contribution is 0.0991. The summed E-state index contributed by atoms with van der Waals surface area (Å²) in [5.41, 5.74) is 1.07. The van der Waals surface area contributed by atoms with Crippen molar-refractivity contribution in [1.82, 2.24) is 0 Å². The summed E-state index contributed by atoms with van der Waals surface area (Å²) in [5, 5.41) is 0. The number of rotatable bonds is 3. The Labute approximate surface area is 133 Å². The zero-order valence-electron chi connectivity index (χ0n) is 12.8. The van der Waals surface area contributed by atoms with E-state index < -0.39 is 17.5 Å². The molecule has 1 fully saturated rings. The van der Waals surface area contributed by atoms with Crippen LogP contribution in [0.5, 0.6) is 0 Å². The molecule has 1 saturated heterocycles. The Morgan fingerprint density at radius 1 is 1.17 bits per heavy atom. The van der Waals surface area contributed by atoms with Crippen LogP contribution < -0.4 is 4.90 Å². The van der Waals surface area contributed by atoms with Gasteiger partial charge in [-0.15, -0.1) is 0 Å². The number of ether oxygens (including phenoxy) is 1. The number of carbonyl (C=O) groups is 1. The molecule has 2 aromatic carbocycles. The van der Waals surface area contributed by atoms with Gasteiger partial charge < -0.3 is 9.64 Å². The Kier molecular flexibility index (Phi) is 4.39. The van der Waals surface area contributed by atoms with Gasteiger partial charge in [-0.05, 0) is 36.2 Å². The molecule has 5 heteroatoms. The predicted octanol–water partition coefficient (Wildman–Crippen LogP) is 3.75. The van der Waals surface area contributed by atoms with Crippen LogP contribution >= 0.6 is 0 Å². The fourth-order valence-corrected chi connectivity index (χ4v) is 2.83. The second kappa shape index (κ2) is 6.46. The monoisotopic (exact) mass is 317 g/mol. The number of amides is 1. The summed E-state index contributed by atoms with van der Waals surface area (Å²) in [6.45, 7) is 1.35. The number of benzene rings is 2. The molecule has 1 atom stereocenters. The van der Waals surface area contributed by atoms with Crippen LogP contribution in [0.4, 0.5) is 14.5 Å². The molecule has 1 aliphatic heterocycles. The van der Waals surface area contributed by atoms with Crippen LogP contribution in [0.15, 0.2) is 42.5 Å². The summed E-state index contributed by atoms with van der Waals surface area (Å²) in [6.07, 6.45) is 0.912. The van der Waals surface area contributed by atoms with Gasteiger partial charge in [-0.3, -0.25) is 4.79 Å². The molecule has 2 aromatic rings. The molecular weight excluding hydrogens is 300 g/mol. The van der Waals surface area contributed by atoms with Crippen molar-refractivity contribution >= 4 is 11.6 Å². The van der Waals surface area contributed by atoms with Crippen LogP contribution in [0.1, 0.15) is 28.3 Å². The maximum atomic E-state index is 13.9. The topological polar surface area (TPSA) is 29.5 Å². The maximum Gasteiger partial charge on any atom is 0.258 e. The SMILES string of the molecule is CN(C(=O)c1cccc([C@@H]2CCOC2)c1)c1c(F)cccc1F. The summed E-state index contributed by atoms with van der Waals surface area (Å²) in [7, 11) is 1.37. The number of anilines is 1. The van der Waals surface area contributed by atoms with Gasteiger partial charge in [0.15, 0.2) is 0 Å². The Morgan fingerprint density at radius 3 is 2.52 bits per heavy atom. The van der Waals surface area contributed by atoms with E-state index in [0.717, 1.165) is 29.0 Å². The Morgan fingerprint density at radius 2 is 1.87 bits per heavy atom. The zero-order chi connectivity index (χ0) is 16.4. The first-order valence-electron chi connectivity index (χ1n) is 7.47. The molecule has 0 aromatic heterocycles. The summed E-state index contributed by atoms with van der Waals surface area (Å²) in [4.78, 5) is 13.6. The van der Waals surface area contributed by atoms with Crippen molar-refractivity contribution < 1.29 is 18.3 Å². The van der Waals surface area contributed by atoms with Crippen molar-refractivity contribution in [3.05, 3.63) is 65.2 Å². The third-order valence-corrected chi connectivity index (χ3v) is 4.11. The number of hydrogen-bond acceptors (Lipinski definition) is 2. The van der Waals surface area contributed by atoms with Crippen LogP contribution in [0, 0.1) is 11.6 Å². The van der Waals surface area contributed by atoms with Gasteiger partial charge in [0.1, 0.15) is 17.3 Å². The van der Waals surface area contributed by atoms with Gasteiger partial charge in [0.25, 0.3) is 5.91 Å². The zero-order valence-corrected chi connectivity index (χ0v) is 12.8. The highest BCUT2D eigenvalue weighted by atomic mass is 19.1. The van der Waals surface area contributed by atoms with Gasteiger partial charge in [0.05, 0.1) is 6.61 Å². The number of para-hydroxylation sites is 1. The number of hydrogen-bond donors (Lipinski definition) is 0. The highest BCUT2D eigenvalue weighted by molar-refractivity contribution is 6.06. The van der Waals surface area contributed by atoms with E-state index >= 15 is 0 Å². The molecule has 1 heterocycles. The molecule has 23 heavy (non-hydrogen) atoms. The highest BCUT2D eigenvalue weighted by Crippen LogP contribution is 2.27. The molecule has 3 nitrogen and oxygen atoms in total. The molecule has 0 radical (unpaired) electrons. The van der Waals surface area contributed by atoms with Gasteiger partial charge in [0.2, 0.25) is 0 Å². The van der Waals surface area contributed by atoms with Crippen molar-refractivity contribution in [2.75, 3.05) is 25.2 Å². The smallest absolute Gasteiger partial charge is 0.258 e. The quantitative estimate of drug-likeness (QED) is 0.863. The molecule has 1 aliphatic rings. The van der Waals surface area contributed by atoms with E-state index in [0.29, 0.717) is 18.8 Å². The van der Waals surface area contributed by atoms with E-state index in [1.807, 2.05) is 6.07 Å². The summed E-state index contributed by atoms with van der Waals surface area (Å²) in [5.74, 6) is -1.71. The minimum Gasteiger partial charge on any atom is -0.381 e. The first kappa shape index (κ1) is 15.6. The fraction of sp³-hybridized carbons (Fsp3) is 0.278. The first-order chi connectivity index (χ1) is 11.1. The first-order valence-corrected chi connectivity index (χ1v) is 7.47. The summed E-state index contributed by atoms with van der Waals surface area (Å²) in [6, 6.07) is 10.7. The van der Waals surface area contributed by atoms with Crippen molar-refractivity contribution in [2.45, 2.75) is 12.3 Å². The van der Waals surface area contributed by atoms with Gasteiger partial charge in [-0.25, -0.2) is 8.78 Å². The van der Waals surface area contributed by atoms with E-state index in [9.17, 15) is 13.6 Å². The number of carbonyl (C=O) groups excluding carboxylic acids is 1. The lowest BCUT2D eigenvalue weighted by atomic mass is 9.96. The van der Waals surface area contributed by atoms with Gasteiger partial charge in [0, 0.05) is 25.1 Å². The predicted molar refractivity (Wildman–Crippen MR) is 83.7 cm³/mol. The molecule has 3 rings (SSSR count). The van der Waals surface area contributed by atoms with Gasteiger partial charge in [-0.2, -0.15) is 0 Å². The third kappa shape index (κ3) is 3.10. The lowest BCUT2D eigenvalue weighted by Gasteiger charge is -2.19. The Hall–Kier alpha value is -2.27. The van der Waals surface area contributed by atoms with Crippen molar-refractivity contribution in [3.8, 4) is 0 Å². The second-order valence-corrected chi connectivity index (χ2v) is 5.62. The molecule has 1 amide bonds. The molecule has 0 aliphatic carbocycles. The average molecular weight is 317 g/mol. The van der Waals surface area contributed by atoms with Crippen molar-refractivity contribution in [3.63, 3.8) is 0 Å². The van der Waals surface area contributed by atoms with E-state index in [1.165, 1.54) is 13.1 Å².